The topological polar surface area (TPSA) is 73.9 Å². The smallest absolute Gasteiger partial charge is 0.237 e. The van der Waals surface area contributed by atoms with E-state index in [2.05, 4.69) is 100 Å². The molecular weight excluding hydrogens is 711 g/mol. The molecule has 294 valence electrons. The number of halogens is 2. The second kappa shape index (κ2) is 20.6. The molecule has 0 radical (unpaired) electrons. The van der Waals surface area contributed by atoms with Crippen LogP contribution in [-0.4, -0.2) is 74.0 Å². The first-order valence-electron chi connectivity index (χ1n) is 19.9. The van der Waals surface area contributed by atoms with Crippen LogP contribution in [0.2, 0.25) is 0 Å². The Kier molecular flexibility index (Phi) is 15.7. The van der Waals surface area contributed by atoms with Gasteiger partial charge in [0.1, 0.15) is 11.6 Å². The van der Waals surface area contributed by atoms with Crippen LogP contribution in [0.15, 0.2) is 103 Å². The zero-order valence-corrected chi connectivity index (χ0v) is 33.3. The van der Waals surface area contributed by atoms with Crippen LogP contribution >= 0.6 is 12.4 Å². The van der Waals surface area contributed by atoms with Gasteiger partial charge in [-0.15, -0.1) is 12.4 Å². The number of ether oxygens (including phenoxy) is 1. The third kappa shape index (κ3) is 11.0. The molecule has 2 aliphatic heterocycles. The van der Waals surface area contributed by atoms with E-state index in [1.807, 2.05) is 6.07 Å². The lowest BCUT2D eigenvalue weighted by molar-refractivity contribution is -0.128. The largest absolute Gasteiger partial charge is 0.497 e. The summed E-state index contributed by atoms with van der Waals surface area (Å²) in [7, 11) is 1.70. The number of aryl methyl sites for hydroxylation is 1. The summed E-state index contributed by atoms with van der Waals surface area (Å²) in [5, 5.41) is 6.45. The monoisotopic (exact) mass is 768 g/mol. The van der Waals surface area contributed by atoms with Gasteiger partial charge in [0.2, 0.25) is 11.8 Å². The number of carbonyl (C=O) groups is 2. The molecule has 9 heteroatoms. The molecule has 0 aromatic heterocycles. The number of fused-ring (bicyclic) bond motifs is 1. The quantitative estimate of drug-likeness (QED) is 0.100. The number of amides is 2. The van der Waals surface area contributed by atoms with E-state index in [1.54, 1.807) is 19.2 Å². The summed E-state index contributed by atoms with van der Waals surface area (Å²) in [5.41, 5.74) is 5.62. The van der Waals surface area contributed by atoms with Gasteiger partial charge in [0.15, 0.2) is 0 Å². The van der Waals surface area contributed by atoms with Crippen molar-refractivity contribution in [1.29, 1.82) is 0 Å². The molecule has 6 rings (SSSR count). The van der Waals surface area contributed by atoms with Crippen molar-refractivity contribution in [2.45, 2.75) is 82.2 Å². The number of hydrogen-bond donors (Lipinski definition) is 2. The number of benzene rings is 4. The lowest BCUT2D eigenvalue weighted by Crippen LogP contribution is -2.52. The Balaban J connectivity index is 0.00000580. The number of carbonyl (C=O) groups excluding carboxylic acids is 2. The average molecular weight is 769 g/mol. The van der Waals surface area contributed by atoms with Crippen LogP contribution in [0.3, 0.4) is 0 Å². The summed E-state index contributed by atoms with van der Waals surface area (Å²) < 4.78 is 19.0. The summed E-state index contributed by atoms with van der Waals surface area (Å²) in [4.78, 5) is 31.7. The zero-order valence-electron chi connectivity index (χ0n) is 32.5. The normalized spacial score (nSPS) is 17.2. The first kappa shape index (κ1) is 41.9. The highest BCUT2D eigenvalue weighted by Crippen LogP contribution is 2.42. The standard InChI is InChI=1S/C46H57FN4O3.ClH/c1-35-42-34-41(54-2)23-20-37(42)33-43(45(53)49-28-32-50-29-9-10-30-50)51(35)31-12-26-46(38-13-5-3-6-14-38,39-15-7-4-8-16-39)25-11-27-48-44(52)24-19-36-17-21-40(47)22-18-36;/h3-8,13-18,20-23,34-35,43H,9-12,19,24-33H2,1-2H3,(H,48,52)(H,49,53);1H. The summed E-state index contributed by atoms with van der Waals surface area (Å²) in [6.07, 6.45) is 7.52. The molecule has 2 heterocycles. The predicted octanol–water partition coefficient (Wildman–Crippen LogP) is 8.05. The Morgan fingerprint density at radius 1 is 0.818 bits per heavy atom. The van der Waals surface area contributed by atoms with Crippen molar-refractivity contribution in [3.8, 4) is 5.75 Å². The van der Waals surface area contributed by atoms with Crippen molar-refractivity contribution in [3.63, 3.8) is 0 Å². The minimum Gasteiger partial charge on any atom is -0.497 e. The highest BCUT2D eigenvalue weighted by Gasteiger charge is 2.38. The first-order chi connectivity index (χ1) is 26.4. The number of methoxy groups -OCH3 is 1. The van der Waals surface area contributed by atoms with E-state index in [9.17, 15) is 14.0 Å². The number of nitrogens with one attached hydrogen (secondary N) is 2. The fourth-order valence-electron chi connectivity index (χ4n) is 8.67. The molecule has 1 fully saturated rings. The molecule has 4 aromatic rings. The van der Waals surface area contributed by atoms with Crippen LogP contribution in [-0.2, 0) is 27.8 Å². The summed E-state index contributed by atoms with van der Waals surface area (Å²) in [5.74, 6) is 0.678. The minimum absolute atomic E-state index is 0. The van der Waals surface area contributed by atoms with Gasteiger partial charge in [-0.2, -0.15) is 0 Å². The van der Waals surface area contributed by atoms with Crippen LogP contribution in [0.5, 0.6) is 5.75 Å². The third-order valence-corrected chi connectivity index (χ3v) is 11.7. The van der Waals surface area contributed by atoms with Gasteiger partial charge in [0.25, 0.3) is 0 Å². The summed E-state index contributed by atoms with van der Waals surface area (Å²) >= 11 is 0. The van der Waals surface area contributed by atoms with Gasteiger partial charge in [-0.05, 0) is 130 Å². The summed E-state index contributed by atoms with van der Waals surface area (Å²) in [6, 6.07) is 33.9. The van der Waals surface area contributed by atoms with Gasteiger partial charge in [0, 0.05) is 37.5 Å². The van der Waals surface area contributed by atoms with Gasteiger partial charge in [0.05, 0.1) is 13.2 Å². The SMILES string of the molecule is COc1ccc2c(c1)C(C)N(CCCC(CCCNC(=O)CCc1ccc(F)cc1)(c1ccccc1)c1ccccc1)C(C(=O)NCCN1CCCC1)C2.Cl. The molecule has 0 spiro atoms. The maximum Gasteiger partial charge on any atom is 0.237 e. The van der Waals surface area contributed by atoms with Crippen molar-refractivity contribution < 1.29 is 18.7 Å². The Hall–Kier alpha value is -4.24. The van der Waals surface area contributed by atoms with Crippen LogP contribution in [0.4, 0.5) is 4.39 Å². The van der Waals surface area contributed by atoms with Crippen LogP contribution < -0.4 is 15.4 Å². The highest BCUT2D eigenvalue weighted by atomic mass is 35.5. The molecule has 0 saturated carbocycles. The average Bonchev–Trinajstić information content (AvgIpc) is 3.73. The fourth-order valence-corrected chi connectivity index (χ4v) is 8.67. The van der Waals surface area contributed by atoms with Gasteiger partial charge in [-0.1, -0.05) is 78.9 Å². The van der Waals surface area contributed by atoms with Crippen LogP contribution in [0, 0.1) is 5.82 Å². The molecule has 0 bridgehead atoms. The zero-order chi connectivity index (χ0) is 37.8. The molecule has 1 saturated heterocycles. The van der Waals surface area contributed by atoms with Gasteiger partial charge < -0.3 is 20.3 Å². The predicted molar refractivity (Wildman–Crippen MR) is 221 cm³/mol. The van der Waals surface area contributed by atoms with E-state index in [4.69, 9.17) is 4.74 Å². The van der Waals surface area contributed by atoms with Gasteiger partial charge in [-0.25, -0.2) is 4.39 Å². The Labute approximate surface area is 333 Å². The maximum atomic E-state index is 14.0. The molecule has 2 amide bonds. The Morgan fingerprint density at radius 3 is 2.13 bits per heavy atom. The highest BCUT2D eigenvalue weighted by molar-refractivity contribution is 5.85. The van der Waals surface area contributed by atoms with E-state index >= 15 is 0 Å². The number of likely N-dealkylation sites (tertiary alicyclic amines) is 1. The van der Waals surface area contributed by atoms with E-state index < -0.39 is 0 Å². The lowest BCUT2D eigenvalue weighted by atomic mass is 9.68. The van der Waals surface area contributed by atoms with Gasteiger partial charge >= 0.3 is 0 Å². The molecule has 4 aromatic carbocycles. The van der Waals surface area contributed by atoms with Crippen molar-refractivity contribution in [1.82, 2.24) is 20.4 Å². The van der Waals surface area contributed by atoms with Crippen LogP contribution in [0.25, 0.3) is 0 Å². The van der Waals surface area contributed by atoms with Crippen molar-refractivity contribution in [2.75, 3.05) is 46.4 Å². The molecule has 2 N–H and O–H groups in total. The summed E-state index contributed by atoms with van der Waals surface area (Å²) in [6.45, 7) is 7.36. The molecule has 7 nitrogen and oxygen atoms in total. The van der Waals surface area contributed by atoms with E-state index in [0.29, 0.717) is 32.4 Å². The second-order valence-corrected chi connectivity index (χ2v) is 15.0. The molecule has 2 unspecified atom stereocenters. The van der Waals surface area contributed by atoms with Crippen molar-refractivity contribution >= 4 is 24.2 Å². The van der Waals surface area contributed by atoms with E-state index in [0.717, 1.165) is 63.2 Å². The number of hydrogen-bond acceptors (Lipinski definition) is 5. The Morgan fingerprint density at radius 2 is 1.47 bits per heavy atom. The lowest BCUT2D eigenvalue weighted by Gasteiger charge is -2.42. The first-order valence-corrected chi connectivity index (χ1v) is 19.9. The van der Waals surface area contributed by atoms with Crippen LogP contribution in [0.1, 0.15) is 85.7 Å². The molecule has 2 aliphatic rings. The minimum atomic E-state index is -0.283. The van der Waals surface area contributed by atoms with Gasteiger partial charge in [-0.3, -0.25) is 14.5 Å². The van der Waals surface area contributed by atoms with E-state index in [-0.39, 0.29) is 47.5 Å². The molecule has 0 aliphatic carbocycles. The Bertz CT molecular complexity index is 1750. The second-order valence-electron chi connectivity index (χ2n) is 15.0. The maximum absolute atomic E-state index is 14.0. The van der Waals surface area contributed by atoms with E-state index in [1.165, 1.54) is 47.2 Å². The molecular formula is C46H58ClFN4O3. The molecule has 2 atom stereocenters. The van der Waals surface area contributed by atoms with Crippen molar-refractivity contribution in [3.05, 3.63) is 137 Å². The number of nitrogens with zero attached hydrogens (tertiary/aromatic N) is 2. The number of rotatable bonds is 18. The van der Waals surface area contributed by atoms with Crippen molar-refractivity contribution in [2.24, 2.45) is 0 Å². The fraction of sp³-hybridized carbons (Fsp3) is 0.435. The third-order valence-electron chi connectivity index (χ3n) is 11.7. The molecule has 55 heavy (non-hydrogen) atoms.